The Balaban J connectivity index is 2.59. The first-order valence-electron chi connectivity index (χ1n) is 4.34. The van der Waals surface area contributed by atoms with Crippen LogP contribution in [0, 0.1) is 6.92 Å². The summed E-state index contributed by atoms with van der Waals surface area (Å²) in [4.78, 5) is 21.1. The molecule has 15 heavy (non-hydrogen) atoms. The highest BCUT2D eigenvalue weighted by atomic mass is 16.4. The van der Waals surface area contributed by atoms with Crippen LogP contribution in [0.15, 0.2) is 36.4 Å². The van der Waals surface area contributed by atoms with Gasteiger partial charge < -0.3 is 15.2 Å². The first kappa shape index (κ1) is 11.0. The molecule has 0 aromatic heterocycles. The smallest absolute Gasteiger partial charge is 0.248 e. The van der Waals surface area contributed by atoms with E-state index in [0.29, 0.717) is 11.8 Å². The van der Waals surface area contributed by atoms with Crippen LogP contribution >= 0.6 is 0 Å². The summed E-state index contributed by atoms with van der Waals surface area (Å²) in [5, 5.41) is 12.5. The number of aliphatic carboxylic acids is 1. The number of benzene rings is 1. The molecule has 78 valence electrons. The average molecular weight is 204 g/mol. The lowest BCUT2D eigenvalue weighted by Gasteiger charge is -2.02. The Morgan fingerprint density at radius 3 is 2.33 bits per heavy atom. The van der Waals surface area contributed by atoms with Crippen molar-refractivity contribution in [2.75, 3.05) is 5.32 Å². The SMILES string of the molecule is Cc1ccc(NC(=O)/C=C/C(=O)[O-])cc1. The van der Waals surface area contributed by atoms with Crippen LogP contribution < -0.4 is 10.4 Å². The van der Waals surface area contributed by atoms with Gasteiger partial charge in [-0.15, -0.1) is 0 Å². The van der Waals surface area contributed by atoms with Crippen LogP contribution in [0.5, 0.6) is 0 Å². The zero-order valence-corrected chi connectivity index (χ0v) is 8.19. The number of carboxylic acid groups (broad SMARTS) is 1. The summed E-state index contributed by atoms with van der Waals surface area (Å²) in [5.41, 5.74) is 1.70. The molecule has 0 aliphatic carbocycles. The summed E-state index contributed by atoms with van der Waals surface area (Å²) in [6, 6.07) is 7.16. The fourth-order valence-corrected chi connectivity index (χ4v) is 0.965. The van der Waals surface area contributed by atoms with E-state index in [0.717, 1.165) is 11.6 Å². The van der Waals surface area contributed by atoms with Crippen molar-refractivity contribution in [1.82, 2.24) is 0 Å². The first-order chi connectivity index (χ1) is 7.08. The van der Waals surface area contributed by atoms with Gasteiger partial charge in [-0.25, -0.2) is 0 Å². The number of anilines is 1. The molecule has 1 amide bonds. The molecule has 4 heteroatoms. The minimum atomic E-state index is -1.39. The van der Waals surface area contributed by atoms with Gasteiger partial charge in [0.25, 0.3) is 0 Å². The number of carboxylic acids is 1. The van der Waals surface area contributed by atoms with Crippen molar-refractivity contribution < 1.29 is 14.7 Å². The Morgan fingerprint density at radius 1 is 1.20 bits per heavy atom. The quantitative estimate of drug-likeness (QED) is 0.717. The molecule has 1 aromatic carbocycles. The fraction of sp³-hybridized carbons (Fsp3) is 0.0909. The molecule has 0 bridgehead atoms. The van der Waals surface area contributed by atoms with Gasteiger partial charge >= 0.3 is 0 Å². The normalized spacial score (nSPS) is 10.2. The standard InChI is InChI=1S/C11H11NO3/c1-8-2-4-9(5-3-8)12-10(13)6-7-11(14)15/h2-7H,1H3,(H,12,13)(H,14,15)/p-1/b7-6+. The summed E-state index contributed by atoms with van der Waals surface area (Å²) in [7, 11) is 0. The molecular weight excluding hydrogens is 194 g/mol. The molecule has 0 atom stereocenters. The van der Waals surface area contributed by atoms with E-state index in [1.165, 1.54) is 0 Å². The van der Waals surface area contributed by atoms with Crippen molar-refractivity contribution in [3.8, 4) is 0 Å². The highest BCUT2D eigenvalue weighted by molar-refractivity contribution is 6.02. The summed E-state index contributed by atoms with van der Waals surface area (Å²) < 4.78 is 0. The summed E-state index contributed by atoms with van der Waals surface area (Å²) >= 11 is 0. The zero-order valence-electron chi connectivity index (χ0n) is 8.19. The van der Waals surface area contributed by atoms with Crippen molar-refractivity contribution >= 4 is 17.6 Å². The molecule has 4 nitrogen and oxygen atoms in total. The van der Waals surface area contributed by atoms with E-state index in [1.54, 1.807) is 12.1 Å². The Morgan fingerprint density at radius 2 is 1.80 bits per heavy atom. The van der Waals surface area contributed by atoms with Gasteiger partial charge in [-0.3, -0.25) is 4.79 Å². The largest absolute Gasteiger partial charge is 0.545 e. The maximum Gasteiger partial charge on any atom is 0.248 e. The summed E-state index contributed by atoms with van der Waals surface area (Å²) in [6.07, 6.45) is 1.60. The monoisotopic (exact) mass is 204 g/mol. The Bertz CT molecular complexity index is 393. The van der Waals surface area contributed by atoms with E-state index in [-0.39, 0.29) is 0 Å². The van der Waals surface area contributed by atoms with Crippen LogP contribution in [0.25, 0.3) is 0 Å². The van der Waals surface area contributed by atoms with Crippen molar-refractivity contribution in [3.05, 3.63) is 42.0 Å². The van der Waals surface area contributed by atoms with Gasteiger partial charge in [0.2, 0.25) is 5.91 Å². The van der Waals surface area contributed by atoms with Gasteiger partial charge in [-0.2, -0.15) is 0 Å². The number of rotatable bonds is 3. The van der Waals surface area contributed by atoms with E-state index in [4.69, 9.17) is 0 Å². The lowest BCUT2D eigenvalue weighted by Crippen LogP contribution is -2.20. The molecule has 0 spiro atoms. The Kier molecular flexibility index (Phi) is 3.62. The van der Waals surface area contributed by atoms with E-state index < -0.39 is 11.9 Å². The predicted molar refractivity (Wildman–Crippen MR) is 54.0 cm³/mol. The summed E-state index contributed by atoms with van der Waals surface area (Å²) in [5.74, 6) is -1.89. The third kappa shape index (κ3) is 4.08. The highest BCUT2D eigenvalue weighted by Crippen LogP contribution is 2.08. The number of nitrogens with one attached hydrogen (secondary N) is 1. The number of amides is 1. The highest BCUT2D eigenvalue weighted by Gasteiger charge is 1.96. The second-order valence-electron chi connectivity index (χ2n) is 3.01. The number of carbonyl (C=O) groups is 2. The topological polar surface area (TPSA) is 69.2 Å². The third-order valence-corrected chi connectivity index (χ3v) is 1.69. The fourth-order valence-electron chi connectivity index (χ4n) is 0.965. The Labute approximate surface area is 87.2 Å². The minimum Gasteiger partial charge on any atom is -0.545 e. The van der Waals surface area contributed by atoms with Crippen LogP contribution in [0.2, 0.25) is 0 Å². The predicted octanol–water partition coefficient (Wildman–Crippen LogP) is 0.240. The molecule has 0 radical (unpaired) electrons. The van der Waals surface area contributed by atoms with Crippen LogP contribution in [0.1, 0.15) is 5.56 Å². The lowest BCUT2D eigenvalue weighted by molar-refractivity contribution is -0.297. The summed E-state index contributed by atoms with van der Waals surface area (Å²) in [6.45, 7) is 1.93. The maximum absolute atomic E-state index is 11.1. The van der Waals surface area contributed by atoms with Gasteiger partial charge in [-0.05, 0) is 25.1 Å². The van der Waals surface area contributed by atoms with Crippen LogP contribution in [-0.2, 0) is 9.59 Å². The molecule has 1 N–H and O–H groups in total. The molecule has 1 rings (SSSR count). The molecule has 0 fully saturated rings. The molecule has 0 saturated carbocycles. The van der Waals surface area contributed by atoms with Crippen molar-refractivity contribution in [3.63, 3.8) is 0 Å². The Hall–Kier alpha value is -2.10. The zero-order chi connectivity index (χ0) is 11.3. The molecular formula is C11H10NO3-. The molecule has 0 saturated heterocycles. The van der Waals surface area contributed by atoms with E-state index in [1.807, 2.05) is 19.1 Å². The third-order valence-electron chi connectivity index (χ3n) is 1.69. The number of hydrogen-bond acceptors (Lipinski definition) is 3. The van der Waals surface area contributed by atoms with E-state index >= 15 is 0 Å². The van der Waals surface area contributed by atoms with Crippen LogP contribution in [-0.4, -0.2) is 11.9 Å². The van der Waals surface area contributed by atoms with Crippen LogP contribution in [0.4, 0.5) is 5.69 Å². The molecule has 0 unspecified atom stereocenters. The first-order valence-corrected chi connectivity index (χ1v) is 4.34. The van der Waals surface area contributed by atoms with Crippen molar-refractivity contribution in [2.45, 2.75) is 6.92 Å². The van der Waals surface area contributed by atoms with Gasteiger partial charge in [-0.1, -0.05) is 17.7 Å². The number of carbonyl (C=O) groups excluding carboxylic acids is 2. The van der Waals surface area contributed by atoms with Crippen LogP contribution in [0.3, 0.4) is 0 Å². The molecule has 0 aliphatic rings. The maximum atomic E-state index is 11.1. The van der Waals surface area contributed by atoms with Gasteiger partial charge in [0.05, 0.1) is 5.97 Å². The molecule has 0 heterocycles. The number of aryl methyl sites for hydroxylation is 1. The average Bonchev–Trinajstić information content (AvgIpc) is 2.19. The van der Waals surface area contributed by atoms with Crippen molar-refractivity contribution in [1.29, 1.82) is 0 Å². The molecule has 1 aromatic rings. The van der Waals surface area contributed by atoms with Gasteiger partial charge in [0, 0.05) is 11.8 Å². The van der Waals surface area contributed by atoms with Gasteiger partial charge in [0.1, 0.15) is 0 Å². The number of hydrogen-bond donors (Lipinski definition) is 1. The van der Waals surface area contributed by atoms with E-state index in [2.05, 4.69) is 5.32 Å². The van der Waals surface area contributed by atoms with Gasteiger partial charge in [0.15, 0.2) is 0 Å². The minimum absolute atomic E-state index is 0.497. The van der Waals surface area contributed by atoms with E-state index in [9.17, 15) is 14.7 Å². The molecule has 0 aliphatic heterocycles. The second-order valence-corrected chi connectivity index (χ2v) is 3.01. The second kappa shape index (κ2) is 4.95. The van der Waals surface area contributed by atoms with Crippen molar-refractivity contribution in [2.24, 2.45) is 0 Å². The lowest BCUT2D eigenvalue weighted by atomic mass is 10.2.